The van der Waals surface area contributed by atoms with Gasteiger partial charge in [0.2, 0.25) is 5.91 Å². The predicted molar refractivity (Wildman–Crippen MR) is 77.6 cm³/mol. The van der Waals surface area contributed by atoms with Gasteiger partial charge in [0.05, 0.1) is 17.7 Å². The van der Waals surface area contributed by atoms with Crippen LogP contribution in [-0.2, 0) is 9.53 Å². The molecule has 1 amide bonds. The number of nitrogens with zero attached hydrogens (tertiary/aromatic N) is 1. The lowest BCUT2D eigenvalue weighted by Gasteiger charge is -2.11. The number of methoxy groups -OCH3 is 1. The van der Waals surface area contributed by atoms with Crippen molar-refractivity contribution in [2.24, 2.45) is 0 Å². The first-order valence-electron chi connectivity index (χ1n) is 6.68. The number of nitrogens with one attached hydrogen (secondary N) is 2. The average molecular weight is 271 g/mol. The first kappa shape index (κ1) is 13.0. The summed E-state index contributed by atoms with van der Waals surface area (Å²) in [6, 6.07) is 9.39. The lowest BCUT2D eigenvalue weighted by molar-refractivity contribution is -0.118. The van der Waals surface area contributed by atoms with Crippen molar-refractivity contribution in [1.29, 1.82) is 0 Å². The molecule has 1 saturated heterocycles. The Kier molecular flexibility index (Phi) is 3.62. The van der Waals surface area contributed by atoms with Crippen LogP contribution in [0.3, 0.4) is 0 Å². The van der Waals surface area contributed by atoms with Gasteiger partial charge in [-0.15, -0.1) is 0 Å². The molecule has 2 N–H and O–H groups in total. The number of anilines is 1. The largest absolute Gasteiger partial charge is 0.380 e. The highest BCUT2D eigenvalue weighted by Gasteiger charge is 2.29. The van der Waals surface area contributed by atoms with Crippen LogP contribution in [-0.4, -0.2) is 36.7 Å². The standard InChI is InChI=1S/C15H17N3O2/c1-20-12-8-14(17-9-12)15(19)18-11-4-5-13-10(7-11)3-2-6-16-13/h2-7,12,14,17H,8-9H2,1H3,(H,18,19). The molecule has 0 saturated carbocycles. The summed E-state index contributed by atoms with van der Waals surface area (Å²) in [6.07, 6.45) is 2.58. The van der Waals surface area contributed by atoms with Crippen LogP contribution < -0.4 is 10.6 Å². The molecule has 2 atom stereocenters. The second kappa shape index (κ2) is 5.56. The van der Waals surface area contributed by atoms with E-state index in [1.54, 1.807) is 13.3 Å². The highest BCUT2D eigenvalue weighted by atomic mass is 16.5. The van der Waals surface area contributed by atoms with Crippen LogP contribution in [0.2, 0.25) is 0 Å². The highest BCUT2D eigenvalue weighted by Crippen LogP contribution is 2.18. The van der Waals surface area contributed by atoms with E-state index in [0.717, 1.165) is 23.1 Å². The summed E-state index contributed by atoms with van der Waals surface area (Å²) >= 11 is 0. The van der Waals surface area contributed by atoms with Gasteiger partial charge < -0.3 is 15.4 Å². The van der Waals surface area contributed by atoms with E-state index in [4.69, 9.17) is 4.74 Å². The van der Waals surface area contributed by atoms with Gasteiger partial charge in [0.25, 0.3) is 0 Å². The van der Waals surface area contributed by atoms with Gasteiger partial charge in [-0.05, 0) is 30.7 Å². The van der Waals surface area contributed by atoms with Gasteiger partial charge in [0.1, 0.15) is 0 Å². The van der Waals surface area contributed by atoms with Crippen molar-refractivity contribution in [3.63, 3.8) is 0 Å². The molecule has 0 aliphatic carbocycles. The van der Waals surface area contributed by atoms with Crippen molar-refractivity contribution >= 4 is 22.5 Å². The zero-order valence-corrected chi connectivity index (χ0v) is 11.3. The summed E-state index contributed by atoms with van der Waals surface area (Å²) < 4.78 is 5.25. The van der Waals surface area contributed by atoms with E-state index in [1.165, 1.54) is 0 Å². The van der Waals surface area contributed by atoms with Crippen LogP contribution in [0.4, 0.5) is 5.69 Å². The molecule has 2 unspecified atom stereocenters. The number of hydrogen-bond donors (Lipinski definition) is 2. The molecule has 5 nitrogen and oxygen atoms in total. The van der Waals surface area contributed by atoms with Gasteiger partial charge in [-0.3, -0.25) is 9.78 Å². The summed E-state index contributed by atoms with van der Waals surface area (Å²) in [5.74, 6) is -0.0206. The molecule has 20 heavy (non-hydrogen) atoms. The molecule has 5 heteroatoms. The zero-order chi connectivity index (χ0) is 13.9. The Morgan fingerprint density at radius 1 is 1.45 bits per heavy atom. The smallest absolute Gasteiger partial charge is 0.241 e. The number of carbonyl (C=O) groups excluding carboxylic acids is 1. The monoisotopic (exact) mass is 271 g/mol. The van der Waals surface area contributed by atoms with Crippen molar-refractivity contribution in [2.75, 3.05) is 19.0 Å². The van der Waals surface area contributed by atoms with Crippen LogP contribution in [0.25, 0.3) is 10.9 Å². The number of pyridine rings is 1. The molecular weight excluding hydrogens is 254 g/mol. The molecule has 1 aromatic carbocycles. The minimum Gasteiger partial charge on any atom is -0.380 e. The number of rotatable bonds is 3. The van der Waals surface area contributed by atoms with Crippen LogP contribution >= 0.6 is 0 Å². The van der Waals surface area contributed by atoms with E-state index in [-0.39, 0.29) is 18.1 Å². The van der Waals surface area contributed by atoms with Crippen molar-refractivity contribution in [2.45, 2.75) is 18.6 Å². The normalized spacial score (nSPS) is 22.1. The number of hydrogen-bond acceptors (Lipinski definition) is 4. The average Bonchev–Trinajstić information content (AvgIpc) is 2.96. The Balaban J connectivity index is 1.71. The molecule has 1 aliphatic heterocycles. The van der Waals surface area contributed by atoms with E-state index in [2.05, 4.69) is 15.6 Å². The quantitative estimate of drug-likeness (QED) is 0.889. The summed E-state index contributed by atoms with van der Waals surface area (Å²) in [5, 5.41) is 7.11. The van der Waals surface area contributed by atoms with Crippen LogP contribution in [0.1, 0.15) is 6.42 Å². The molecule has 0 radical (unpaired) electrons. The topological polar surface area (TPSA) is 63.2 Å². The highest BCUT2D eigenvalue weighted by molar-refractivity contribution is 5.97. The Morgan fingerprint density at radius 2 is 2.35 bits per heavy atom. The molecule has 1 fully saturated rings. The van der Waals surface area contributed by atoms with E-state index in [1.807, 2.05) is 30.3 Å². The third-order valence-electron chi connectivity index (χ3n) is 3.61. The fourth-order valence-corrected chi connectivity index (χ4v) is 2.47. The maximum atomic E-state index is 12.2. The van der Waals surface area contributed by atoms with Crippen LogP contribution in [0.15, 0.2) is 36.5 Å². The van der Waals surface area contributed by atoms with E-state index < -0.39 is 0 Å². The number of benzene rings is 1. The summed E-state index contributed by atoms with van der Waals surface area (Å²) in [5.41, 5.74) is 1.71. The number of aromatic nitrogens is 1. The first-order chi connectivity index (χ1) is 9.76. The fourth-order valence-electron chi connectivity index (χ4n) is 2.47. The third-order valence-corrected chi connectivity index (χ3v) is 3.61. The number of fused-ring (bicyclic) bond motifs is 1. The second-order valence-corrected chi connectivity index (χ2v) is 4.95. The van der Waals surface area contributed by atoms with Gasteiger partial charge in [-0.2, -0.15) is 0 Å². The van der Waals surface area contributed by atoms with E-state index in [0.29, 0.717) is 6.42 Å². The van der Waals surface area contributed by atoms with Crippen LogP contribution in [0, 0.1) is 0 Å². The minimum atomic E-state index is -0.190. The number of amides is 1. The maximum absolute atomic E-state index is 12.2. The van der Waals surface area contributed by atoms with E-state index in [9.17, 15) is 4.79 Å². The van der Waals surface area contributed by atoms with Gasteiger partial charge in [0.15, 0.2) is 0 Å². The summed E-state index contributed by atoms with van der Waals surface area (Å²) in [4.78, 5) is 16.4. The van der Waals surface area contributed by atoms with Gasteiger partial charge in [-0.25, -0.2) is 0 Å². The molecule has 3 rings (SSSR count). The summed E-state index contributed by atoms with van der Waals surface area (Å²) in [7, 11) is 1.67. The van der Waals surface area contributed by atoms with Gasteiger partial charge in [-0.1, -0.05) is 6.07 Å². The molecular formula is C15H17N3O2. The molecule has 0 bridgehead atoms. The lowest BCUT2D eigenvalue weighted by atomic mass is 10.1. The van der Waals surface area contributed by atoms with Gasteiger partial charge in [0, 0.05) is 30.9 Å². The molecule has 104 valence electrons. The Hall–Kier alpha value is -1.98. The predicted octanol–water partition coefficient (Wildman–Crippen LogP) is 1.55. The third kappa shape index (κ3) is 2.64. The van der Waals surface area contributed by atoms with Crippen molar-refractivity contribution in [3.8, 4) is 0 Å². The molecule has 1 aromatic heterocycles. The van der Waals surface area contributed by atoms with Crippen LogP contribution in [0.5, 0.6) is 0 Å². The maximum Gasteiger partial charge on any atom is 0.241 e. The fraction of sp³-hybridized carbons (Fsp3) is 0.333. The number of carbonyl (C=O) groups is 1. The SMILES string of the molecule is COC1CNC(C(=O)Nc2ccc3ncccc3c2)C1. The lowest BCUT2D eigenvalue weighted by Crippen LogP contribution is -2.35. The molecule has 0 spiro atoms. The second-order valence-electron chi connectivity index (χ2n) is 4.95. The molecule has 2 aromatic rings. The van der Waals surface area contributed by atoms with Crippen molar-refractivity contribution < 1.29 is 9.53 Å². The summed E-state index contributed by atoms with van der Waals surface area (Å²) in [6.45, 7) is 0.718. The molecule has 1 aliphatic rings. The zero-order valence-electron chi connectivity index (χ0n) is 11.3. The van der Waals surface area contributed by atoms with Crippen molar-refractivity contribution in [1.82, 2.24) is 10.3 Å². The van der Waals surface area contributed by atoms with E-state index >= 15 is 0 Å². The van der Waals surface area contributed by atoms with Gasteiger partial charge >= 0.3 is 0 Å². The Labute approximate surface area is 117 Å². The molecule has 2 heterocycles. The first-order valence-corrected chi connectivity index (χ1v) is 6.68. The Morgan fingerprint density at radius 3 is 3.15 bits per heavy atom. The van der Waals surface area contributed by atoms with Crippen molar-refractivity contribution in [3.05, 3.63) is 36.5 Å². The number of ether oxygens (including phenoxy) is 1. The Bertz CT molecular complexity index is 629. The minimum absolute atomic E-state index is 0.0206.